The molecule has 0 unspecified atom stereocenters. The summed E-state index contributed by atoms with van der Waals surface area (Å²) in [5, 5.41) is 21.5. The van der Waals surface area contributed by atoms with Crippen molar-refractivity contribution in [2.24, 2.45) is 0 Å². The lowest BCUT2D eigenvalue weighted by molar-refractivity contribution is -0.389. The minimum absolute atomic E-state index is 0.194. The van der Waals surface area contributed by atoms with Crippen molar-refractivity contribution >= 4 is 27.0 Å². The molecule has 16 heavy (non-hydrogen) atoms. The lowest BCUT2D eigenvalue weighted by Crippen LogP contribution is -2.21. The molecule has 0 spiro atoms. The van der Waals surface area contributed by atoms with Crippen LogP contribution in [0.3, 0.4) is 0 Å². The minimum Gasteiger partial charge on any atom is -0.358 e. The number of anilines is 1. The second-order valence-electron chi connectivity index (χ2n) is 2.96. The van der Waals surface area contributed by atoms with Crippen LogP contribution in [0.5, 0.6) is 0 Å². The molecule has 0 saturated heterocycles. The van der Waals surface area contributed by atoms with Gasteiger partial charge in [-0.2, -0.15) is 0 Å². The highest BCUT2D eigenvalue weighted by molar-refractivity contribution is 7.19. The fourth-order valence-electron chi connectivity index (χ4n) is 1.32. The molecule has 0 fully saturated rings. The quantitative estimate of drug-likeness (QED) is 0.587. The summed E-state index contributed by atoms with van der Waals surface area (Å²) in [4.78, 5) is 21.9. The van der Waals surface area contributed by atoms with Gasteiger partial charge in [-0.1, -0.05) is 0 Å². The molecule has 0 radical (unpaired) electrons. The summed E-state index contributed by atoms with van der Waals surface area (Å²) in [6.45, 7) is 4.85. The molecule has 1 heterocycles. The highest BCUT2D eigenvalue weighted by Gasteiger charge is 2.27. The Balaban J connectivity index is 3.24. The maximum atomic E-state index is 10.8. The molecule has 0 aliphatic heterocycles. The van der Waals surface area contributed by atoms with Gasteiger partial charge in [-0.3, -0.25) is 20.2 Å². The molecule has 7 nitrogen and oxygen atoms in total. The number of nitro groups is 2. The van der Waals surface area contributed by atoms with Crippen LogP contribution in [-0.4, -0.2) is 22.9 Å². The second-order valence-corrected chi connectivity index (χ2v) is 3.97. The number of nitrogens with zero attached hydrogens (tertiary/aromatic N) is 3. The highest BCUT2D eigenvalue weighted by Crippen LogP contribution is 2.41. The van der Waals surface area contributed by atoms with Gasteiger partial charge in [0, 0.05) is 13.1 Å². The van der Waals surface area contributed by atoms with Crippen LogP contribution in [0.4, 0.5) is 15.7 Å². The van der Waals surface area contributed by atoms with Crippen LogP contribution in [-0.2, 0) is 0 Å². The van der Waals surface area contributed by atoms with Crippen molar-refractivity contribution in [3.05, 3.63) is 26.3 Å². The Labute approximate surface area is 95.6 Å². The second kappa shape index (κ2) is 4.88. The summed E-state index contributed by atoms with van der Waals surface area (Å²) in [6, 6.07) is 1.01. The lowest BCUT2D eigenvalue weighted by atomic mass is 10.4. The number of rotatable bonds is 5. The van der Waals surface area contributed by atoms with E-state index >= 15 is 0 Å². The van der Waals surface area contributed by atoms with E-state index in [0.717, 1.165) is 17.4 Å². The van der Waals surface area contributed by atoms with E-state index in [0.29, 0.717) is 18.1 Å². The molecule has 0 bridgehead atoms. The monoisotopic (exact) mass is 245 g/mol. The Morgan fingerprint density at radius 2 is 1.81 bits per heavy atom. The van der Waals surface area contributed by atoms with Crippen LogP contribution in [0.1, 0.15) is 13.8 Å². The van der Waals surface area contributed by atoms with Crippen LogP contribution in [0.25, 0.3) is 0 Å². The molecule has 0 N–H and O–H groups in total. The smallest absolute Gasteiger partial charge is 0.333 e. The first-order valence-electron chi connectivity index (χ1n) is 4.68. The van der Waals surface area contributed by atoms with E-state index in [1.165, 1.54) is 0 Å². The van der Waals surface area contributed by atoms with Crippen molar-refractivity contribution in [2.45, 2.75) is 13.8 Å². The molecular weight excluding hydrogens is 234 g/mol. The number of hydrogen-bond acceptors (Lipinski definition) is 6. The summed E-state index contributed by atoms with van der Waals surface area (Å²) in [7, 11) is 0. The van der Waals surface area contributed by atoms with Gasteiger partial charge < -0.3 is 4.90 Å². The van der Waals surface area contributed by atoms with E-state index in [1.807, 2.05) is 13.8 Å². The number of thiophene rings is 1. The molecule has 88 valence electrons. The molecule has 0 amide bonds. The van der Waals surface area contributed by atoms with E-state index in [1.54, 1.807) is 4.90 Å². The molecule has 0 aromatic carbocycles. The van der Waals surface area contributed by atoms with Gasteiger partial charge in [-0.25, -0.2) is 0 Å². The molecule has 1 aromatic heterocycles. The summed E-state index contributed by atoms with van der Waals surface area (Å²) >= 11 is 0.838. The summed E-state index contributed by atoms with van der Waals surface area (Å²) < 4.78 is 0. The van der Waals surface area contributed by atoms with Gasteiger partial charge in [0.1, 0.15) is 6.07 Å². The van der Waals surface area contributed by atoms with Gasteiger partial charge in [0.15, 0.2) is 5.00 Å². The topological polar surface area (TPSA) is 89.5 Å². The summed E-state index contributed by atoms with van der Waals surface area (Å²) in [6.07, 6.45) is 0. The minimum atomic E-state index is -0.606. The standard InChI is InChI=1S/C8H11N3O4S/c1-3-9(4-2)8-6(10(12)13)5-7(16-8)11(14)15/h5H,3-4H2,1-2H3. The van der Waals surface area contributed by atoms with Gasteiger partial charge in [0.2, 0.25) is 0 Å². The molecule has 1 rings (SSSR count). The molecule has 0 aliphatic rings. The van der Waals surface area contributed by atoms with Crippen LogP contribution in [0.15, 0.2) is 6.07 Å². The third-order valence-corrected chi connectivity index (χ3v) is 3.24. The molecule has 1 aromatic rings. The van der Waals surface area contributed by atoms with Crippen LogP contribution < -0.4 is 4.90 Å². The van der Waals surface area contributed by atoms with Crippen molar-refractivity contribution in [1.29, 1.82) is 0 Å². The van der Waals surface area contributed by atoms with Crippen molar-refractivity contribution in [1.82, 2.24) is 0 Å². The van der Waals surface area contributed by atoms with E-state index in [9.17, 15) is 20.2 Å². The first kappa shape index (κ1) is 12.4. The average molecular weight is 245 g/mol. The molecule has 8 heteroatoms. The SMILES string of the molecule is CCN(CC)c1sc([N+](=O)[O-])cc1[N+](=O)[O-]. The van der Waals surface area contributed by atoms with Gasteiger partial charge in [0.25, 0.3) is 0 Å². The Kier molecular flexibility index (Phi) is 3.78. The van der Waals surface area contributed by atoms with Gasteiger partial charge >= 0.3 is 10.7 Å². The van der Waals surface area contributed by atoms with Crippen molar-refractivity contribution < 1.29 is 9.85 Å². The maximum absolute atomic E-state index is 10.8. The van der Waals surface area contributed by atoms with Gasteiger partial charge in [0.05, 0.1) is 9.85 Å². The molecule has 0 atom stereocenters. The van der Waals surface area contributed by atoms with Crippen LogP contribution >= 0.6 is 11.3 Å². The largest absolute Gasteiger partial charge is 0.358 e. The summed E-state index contributed by atoms with van der Waals surface area (Å²) in [5.41, 5.74) is -0.194. The normalized spacial score (nSPS) is 10.1. The third-order valence-electron chi connectivity index (χ3n) is 2.11. The van der Waals surface area contributed by atoms with Crippen LogP contribution in [0.2, 0.25) is 0 Å². The van der Waals surface area contributed by atoms with Crippen molar-refractivity contribution in [3.8, 4) is 0 Å². The lowest BCUT2D eigenvalue weighted by Gasteiger charge is -2.17. The van der Waals surface area contributed by atoms with E-state index in [4.69, 9.17) is 0 Å². The maximum Gasteiger partial charge on any atom is 0.333 e. The highest BCUT2D eigenvalue weighted by atomic mass is 32.1. The predicted octanol–water partition coefficient (Wildman–Crippen LogP) is 2.41. The van der Waals surface area contributed by atoms with E-state index in [2.05, 4.69) is 0 Å². The Morgan fingerprint density at radius 1 is 1.25 bits per heavy atom. The Morgan fingerprint density at radius 3 is 2.19 bits per heavy atom. The third kappa shape index (κ3) is 2.27. The van der Waals surface area contributed by atoms with Crippen LogP contribution in [0, 0.1) is 20.2 Å². The fraction of sp³-hybridized carbons (Fsp3) is 0.500. The zero-order chi connectivity index (χ0) is 12.3. The first-order valence-corrected chi connectivity index (χ1v) is 5.50. The average Bonchev–Trinajstić information content (AvgIpc) is 2.64. The van der Waals surface area contributed by atoms with Gasteiger partial charge in [-0.05, 0) is 25.2 Å². The molecular formula is C8H11N3O4S. The summed E-state index contributed by atoms with van der Waals surface area (Å²) in [5.74, 6) is 0. The first-order chi connectivity index (χ1) is 7.51. The zero-order valence-electron chi connectivity index (χ0n) is 8.87. The predicted molar refractivity (Wildman–Crippen MR) is 61.2 cm³/mol. The Bertz CT molecular complexity index is 413. The Hall–Kier alpha value is -1.70. The number of hydrogen-bond donors (Lipinski definition) is 0. The molecule has 0 saturated carbocycles. The zero-order valence-corrected chi connectivity index (χ0v) is 9.69. The van der Waals surface area contributed by atoms with Gasteiger partial charge in [-0.15, -0.1) is 0 Å². The van der Waals surface area contributed by atoms with E-state index < -0.39 is 9.85 Å². The van der Waals surface area contributed by atoms with E-state index in [-0.39, 0.29) is 10.7 Å². The van der Waals surface area contributed by atoms with Crippen molar-refractivity contribution in [2.75, 3.05) is 18.0 Å². The fourth-order valence-corrected chi connectivity index (χ4v) is 2.39. The molecule has 0 aliphatic carbocycles. The van der Waals surface area contributed by atoms with Crippen molar-refractivity contribution in [3.63, 3.8) is 0 Å².